The lowest BCUT2D eigenvalue weighted by molar-refractivity contribution is -0.140. The number of hydrogen-bond donors (Lipinski definition) is 3. The topological polar surface area (TPSA) is 200 Å². The van der Waals surface area contributed by atoms with E-state index in [-0.39, 0.29) is 108 Å². The second-order valence-electron chi connectivity index (χ2n) is 20.8. The predicted molar refractivity (Wildman–Crippen MR) is 309 cm³/mol. The van der Waals surface area contributed by atoms with Gasteiger partial charge in [0.05, 0.1) is 24.3 Å². The summed E-state index contributed by atoms with van der Waals surface area (Å²) in [6, 6.07) is 18.1. The van der Waals surface area contributed by atoms with Gasteiger partial charge in [-0.05, 0) is 90.8 Å². The minimum absolute atomic E-state index is 0.00334. The SMILES string of the molecule is C=CC(=O)N1CCN(c2nc(NCCC(=O)N(C)CCOCCOc3cccc(C(=O)c4csc([C@@H]5CCCN5C(=O)[C@@H](NC(=O)[C@H](C)CC)C5CCCCC5)n4)c3)nc3c(F)c(-c4cc(O)cc5ccccc45)c(Cl)cc23)CC1. The van der Waals surface area contributed by atoms with Gasteiger partial charge in [0.15, 0.2) is 5.82 Å². The van der Waals surface area contributed by atoms with Crippen LogP contribution in [0.1, 0.15) is 98.7 Å². The minimum atomic E-state index is -0.700. The van der Waals surface area contributed by atoms with Gasteiger partial charge in [-0.1, -0.05) is 87.7 Å². The zero-order valence-electron chi connectivity index (χ0n) is 45.6. The van der Waals surface area contributed by atoms with E-state index in [1.807, 2.05) is 47.9 Å². The Morgan fingerprint density at radius 1 is 0.925 bits per heavy atom. The molecular weight excluding hydrogens is 1060 g/mol. The summed E-state index contributed by atoms with van der Waals surface area (Å²) in [4.78, 5) is 88.1. The number of fused-ring (bicyclic) bond motifs is 2. The average molecular weight is 1130 g/mol. The van der Waals surface area contributed by atoms with E-state index < -0.39 is 11.9 Å². The number of phenols is 1. The van der Waals surface area contributed by atoms with Crippen molar-refractivity contribution < 1.29 is 42.9 Å². The molecule has 80 heavy (non-hydrogen) atoms. The van der Waals surface area contributed by atoms with Crippen LogP contribution in [0, 0.1) is 17.7 Å². The molecule has 0 bridgehead atoms. The summed E-state index contributed by atoms with van der Waals surface area (Å²) in [5.41, 5.74) is 1.18. The maximum absolute atomic E-state index is 17.0. The molecule has 1 saturated carbocycles. The molecule has 3 N–H and O–H groups in total. The van der Waals surface area contributed by atoms with Crippen LogP contribution in [-0.2, 0) is 23.9 Å². The van der Waals surface area contributed by atoms with Gasteiger partial charge in [0.25, 0.3) is 0 Å². The van der Waals surface area contributed by atoms with Crippen LogP contribution in [0.25, 0.3) is 32.8 Å². The zero-order valence-corrected chi connectivity index (χ0v) is 47.1. The third-order valence-electron chi connectivity index (χ3n) is 15.6. The molecule has 3 fully saturated rings. The summed E-state index contributed by atoms with van der Waals surface area (Å²) in [5.74, 6) is -0.596. The third kappa shape index (κ3) is 13.2. The summed E-state index contributed by atoms with van der Waals surface area (Å²) in [6.45, 7) is 10.7. The molecule has 2 aromatic heterocycles. The van der Waals surface area contributed by atoms with Crippen LogP contribution in [0.5, 0.6) is 11.5 Å². The predicted octanol–water partition coefficient (Wildman–Crippen LogP) is 9.60. The number of nitrogens with zero attached hydrogens (tertiary/aromatic N) is 7. The molecule has 17 nitrogen and oxygen atoms in total. The molecule has 3 aliphatic rings. The van der Waals surface area contributed by atoms with E-state index in [0.717, 1.165) is 44.9 Å². The van der Waals surface area contributed by atoms with Crippen LogP contribution in [-0.4, -0.2) is 143 Å². The van der Waals surface area contributed by atoms with Crippen LogP contribution in [0.15, 0.2) is 84.8 Å². The number of likely N-dealkylation sites (tertiary alicyclic amines) is 1. The maximum Gasteiger partial charge on any atom is 0.246 e. The number of carbonyl (C=O) groups excluding carboxylic acids is 5. The highest BCUT2D eigenvalue weighted by Crippen LogP contribution is 2.43. The molecule has 0 spiro atoms. The van der Waals surface area contributed by atoms with Crippen molar-refractivity contribution in [3.63, 3.8) is 0 Å². The molecule has 422 valence electrons. The van der Waals surface area contributed by atoms with E-state index in [0.29, 0.717) is 95.2 Å². The standard InChI is InChI=1S/C60H69ClFN9O8S/c1-5-37(3)57(76)65-53(38-14-8-7-9-15-38)59(77)71-23-13-20-48(71)58-64-47(36-80-58)55(75)40-17-12-18-42(33-40)79-31-30-78-29-28-68(4)50(74)21-22-63-60-66-54-45(56(67-60)70-26-24-69(25-27-70)49(73)6-2)35-46(61)51(52(54)62)44-34-41(72)32-39-16-10-11-19-43(39)44/h6,10-12,16-19,32-38,48,53,72H,2,5,7-9,13-15,20-31H2,1,3-4H3,(H,65,76)(H,63,66,67)/t37-,48+,53+/m1/s1. The summed E-state index contributed by atoms with van der Waals surface area (Å²) in [5, 5.41) is 21.2. The van der Waals surface area contributed by atoms with E-state index in [1.54, 1.807) is 58.6 Å². The molecule has 4 heterocycles. The first kappa shape index (κ1) is 57.5. The monoisotopic (exact) mass is 1130 g/mol. The van der Waals surface area contributed by atoms with Crippen molar-refractivity contribution in [1.82, 2.24) is 35.0 Å². The van der Waals surface area contributed by atoms with E-state index in [9.17, 15) is 29.1 Å². The normalized spacial score (nSPS) is 16.6. The molecule has 20 heteroatoms. The van der Waals surface area contributed by atoms with Gasteiger partial charge >= 0.3 is 0 Å². The van der Waals surface area contributed by atoms with Crippen LogP contribution >= 0.6 is 22.9 Å². The number of rotatable bonds is 22. The number of ketones is 1. The summed E-state index contributed by atoms with van der Waals surface area (Å²) < 4.78 is 28.8. The Balaban J connectivity index is 0.765. The van der Waals surface area contributed by atoms with Crippen LogP contribution in [0.2, 0.25) is 5.02 Å². The van der Waals surface area contributed by atoms with Crippen LogP contribution in [0.3, 0.4) is 0 Å². The molecule has 6 aromatic rings. The number of piperazine rings is 1. The third-order valence-corrected chi connectivity index (χ3v) is 16.8. The molecule has 2 aliphatic heterocycles. The fraction of sp³-hybridized carbons (Fsp3) is 0.433. The lowest BCUT2D eigenvalue weighted by Crippen LogP contribution is -2.53. The van der Waals surface area contributed by atoms with Gasteiger partial charge in [-0.15, -0.1) is 11.3 Å². The van der Waals surface area contributed by atoms with Gasteiger partial charge in [-0.2, -0.15) is 4.98 Å². The second-order valence-corrected chi connectivity index (χ2v) is 22.1. The Morgan fingerprint density at radius 3 is 2.49 bits per heavy atom. The lowest BCUT2D eigenvalue weighted by atomic mass is 9.83. The second kappa shape index (κ2) is 26.4. The number of ether oxygens (including phenoxy) is 2. The first-order valence-electron chi connectivity index (χ1n) is 27.7. The number of aromatic hydroxyl groups is 1. The van der Waals surface area contributed by atoms with E-state index >= 15 is 4.39 Å². The summed E-state index contributed by atoms with van der Waals surface area (Å²) in [6.07, 6.45) is 8.64. The van der Waals surface area contributed by atoms with E-state index in [4.69, 9.17) is 31.0 Å². The number of aromatic nitrogens is 3. The first-order valence-corrected chi connectivity index (χ1v) is 29.0. The van der Waals surface area contributed by atoms with Crippen LogP contribution < -0.4 is 20.3 Å². The number of thiazole rings is 1. The Labute approximate surface area is 474 Å². The van der Waals surface area contributed by atoms with Gasteiger partial charge < -0.3 is 44.8 Å². The smallest absolute Gasteiger partial charge is 0.246 e. The van der Waals surface area contributed by atoms with E-state index in [1.165, 1.54) is 23.5 Å². The number of amides is 4. The Morgan fingerprint density at radius 2 is 1.71 bits per heavy atom. The Kier molecular flexibility index (Phi) is 18.9. The van der Waals surface area contributed by atoms with Crippen molar-refractivity contribution in [3.8, 4) is 22.6 Å². The quantitative estimate of drug-likeness (QED) is 0.0330. The Hall–Kier alpha value is -7.22. The largest absolute Gasteiger partial charge is 0.508 e. The molecule has 2 saturated heterocycles. The summed E-state index contributed by atoms with van der Waals surface area (Å²) >= 11 is 8.27. The highest BCUT2D eigenvalue weighted by Gasteiger charge is 2.40. The molecular formula is C60H69ClFN9O8S. The molecule has 0 radical (unpaired) electrons. The van der Waals surface area contributed by atoms with Crippen molar-refractivity contribution >= 4 is 85.8 Å². The average Bonchev–Trinajstić information content (AvgIpc) is 4.29. The molecule has 4 aromatic carbocycles. The first-order chi connectivity index (χ1) is 38.7. The molecule has 0 unspecified atom stereocenters. The summed E-state index contributed by atoms with van der Waals surface area (Å²) in [7, 11) is 1.68. The van der Waals surface area contributed by atoms with Crippen LogP contribution in [0.4, 0.5) is 16.2 Å². The number of halogens is 2. The fourth-order valence-corrected chi connectivity index (χ4v) is 12.1. The van der Waals surface area contributed by atoms with Gasteiger partial charge in [-0.25, -0.2) is 14.4 Å². The molecule has 3 atom stereocenters. The Bertz CT molecular complexity index is 3260. The van der Waals surface area contributed by atoms with Crippen molar-refractivity contribution in [2.45, 2.75) is 83.7 Å². The van der Waals surface area contributed by atoms with Crippen molar-refractivity contribution in [2.75, 3.05) is 82.9 Å². The van der Waals surface area contributed by atoms with Gasteiger partial charge in [0.1, 0.15) is 46.2 Å². The highest BCUT2D eigenvalue weighted by atomic mass is 35.5. The molecule has 1 aliphatic carbocycles. The number of phenolic OH excluding ortho intramolecular Hbond substituents is 1. The lowest BCUT2D eigenvalue weighted by Gasteiger charge is -2.35. The number of hydrogen-bond acceptors (Lipinski definition) is 14. The van der Waals surface area contributed by atoms with Gasteiger partial charge in [0.2, 0.25) is 35.4 Å². The van der Waals surface area contributed by atoms with Gasteiger partial charge in [-0.3, -0.25) is 24.0 Å². The van der Waals surface area contributed by atoms with Crippen molar-refractivity contribution in [3.05, 3.63) is 112 Å². The van der Waals surface area contributed by atoms with Crippen molar-refractivity contribution in [2.24, 2.45) is 11.8 Å². The number of nitrogens with one attached hydrogen (secondary N) is 2. The van der Waals surface area contributed by atoms with Crippen molar-refractivity contribution in [1.29, 1.82) is 0 Å². The maximum atomic E-state index is 17.0. The number of benzene rings is 4. The molecule has 9 rings (SSSR count). The number of anilines is 2. The highest BCUT2D eigenvalue weighted by molar-refractivity contribution is 7.10. The van der Waals surface area contributed by atoms with Gasteiger partial charge in [0, 0.05) is 87.1 Å². The zero-order chi connectivity index (χ0) is 56.5. The van der Waals surface area contributed by atoms with E-state index in [2.05, 4.69) is 22.2 Å². The number of likely N-dealkylation sites (N-methyl/N-ethyl adjacent to an activating group) is 1. The number of carbonyl (C=O) groups is 5. The molecule has 4 amide bonds. The minimum Gasteiger partial charge on any atom is -0.508 e. The fourth-order valence-electron chi connectivity index (χ4n) is 10.9.